The van der Waals surface area contributed by atoms with Gasteiger partial charge in [0.2, 0.25) is 0 Å². The van der Waals surface area contributed by atoms with E-state index in [0.717, 1.165) is 36.3 Å². The number of rotatable bonds is 9. The molecule has 2 aliphatic heterocycles. The molecule has 0 N–H and O–H groups in total. The number of aryl methyl sites for hydroxylation is 1. The van der Waals surface area contributed by atoms with Gasteiger partial charge in [-0.05, 0) is 98.5 Å². The number of ether oxygens (including phenoxy) is 3. The minimum Gasteiger partial charge on any atom is -0.496 e. The molecule has 2 aliphatic rings. The van der Waals surface area contributed by atoms with Gasteiger partial charge in [-0.25, -0.2) is 14.6 Å². The highest BCUT2D eigenvalue weighted by atomic mass is 19.4. The number of benzene rings is 2. The van der Waals surface area contributed by atoms with E-state index in [1.54, 1.807) is 30.7 Å². The molecule has 9 nitrogen and oxygen atoms in total. The maximum atomic E-state index is 13.7. The number of anilines is 1. The molecule has 15 heteroatoms. The number of nitrogens with zero attached hydrogens (tertiary/aromatic N) is 4. The number of halogens is 6. The second kappa shape index (κ2) is 13.7. The van der Waals surface area contributed by atoms with E-state index in [4.69, 9.17) is 19.2 Å². The number of cyclic esters (lactones) is 1. The summed E-state index contributed by atoms with van der Waals surface area (Å²) in [5.41, 5.74) is 0.814. The minimum atomic E-state index is -5.07. The lowest BCUT2D eigenvalue weighted by Crippen LogP contribution is -2.38. The minimum absolute atomic E-state index is 0.0380. The topological polar surface area (TPSA) is 86.1 Å². The van der Waals surface area contributed by atoms with Crippen LogP contribution >= 0.6 is 0 Å². The fourth-order valence-corrected chi connectivity index (χ4v) is 6.68. The number of alkyl halides is 6. The largest absolute Gasteiger partial charge is 0.496 e. The van der Waals surface area contributed by atoms with Crippen LogP contribution < -0.4 is 9.64 Å². The van der Waals surface area contributed by atoms with Gasteiger partial charge in [0.25, 0.3) is 0 Å². The van der Waals surface area contributed by atoms with Gasteiger partial charge in [-0.15, -0.1) is 0 Å². The predicted octanol–water partition coefficient (Wildman–Crippen LogP) is 8.58. The van der Waals surface area contributed by atoms with Crippen LogP contribution in [0.15, 0.2) is 54.6 Å². The zero-order chi connectivity index (χ0) is 37.7. The summed E-state index contributed by atoms with van der Waals surface area (Å²) in [6.45, 7) is 6.66. The molecule has 2 saturated heterocycles. The van der Waals surface area contributed by atoms with E-state index >= 15 is 0 Å². The van der Waals surface area contributed by atoms with E-state index < -0.39 is 53.3 Å². The Labute approximate surface area is 295 Å². The molecule has 0 aliphatic carbocycles. The van der Waals surface area contributed by atoms with Crippen molar-refractivity contribution in [2.45, 2.75) is 58.2 Å². The molecule has 0 radical (unpaired) electrons. The number of aromatic nitrogens is 2. The Morgan fingerprint density at radius 2 is 1.63 bits per heavy atom. The average Bonchev–Trinajstić information content (AvgIpc) is 3.52. The molecule has 4 heterocycles. The summed E-state index contributed by atoms with van der Waals surface area (Å²) in [6.07, 6.45) is -11.5. The Morgan fingerprint density at radius 1 is 0.962 bits per heavy atom. The fraction of sp³-hybridized carbons (Fsp3) is 0.378. The second-order valence-corrected chi connectivity index (χ2v) is 12.8. The molecular formula is C37H36F6N4O5. The first-order valence-corrected chi connectivity index (χ1v) is 16.6. The molecule has 1 amide bonds. The molecule has 2 fully saturated rings. The number of carbonyl (C=O) groups is 2. The Kier molecular flexibility index (Phi) is 9.66. The first-order chi connectivity index (χ1) is 24.5. The fourth-order valence-electron chi connectivity index (χ4n) is 6.68. The van der Waals surface area contributed by atoms with Gasteiger partial charge in [-0.1, -0.05) is 0 Å². The summed E-state index contributed by atoms with van der Waals surface area (Å²) >= 11 is 0. The van der Waals surface area contributed by atoms with Crippen LogP contribution in [0.1, 0.15) is 64.8 Å². The number of methoxy groups -OCH3 is 1. The number of carbonyl (C=O) groups excluding carboxylic acids is 2. The molecule has 6 rings (SSSR count). The van der Waals surface area contributed by atoms with Crippen molar-refractivity contribution in [1.29, 1.82) is 0 Å². The van der Waals surface area contributed by atoms with Crippen molar-refractivity contribution in [2.75, 3.05) is 31.7 Å². The van der Waals surface area contributed by atoms with Crippen molar-refractivity contribution >= 4 is 17.9 Å². The number of esters is 1. The van der Waals surface area contributed by atoms with E-state index in [2.05, 4.69) is 0 Å². The monoisotopic (exact) mass is 730 g/mol. The van der Waals surface area contributed by atoms with E-state index in [1.165, 1.54) is 18.9 Å². The van der Waals surface area contributed by atoms with Gasteiger partial charge in [0.1, 0.15) is 23.4 Å². The third-order valence-corrected chi connectivity index (χ3v) is 9.46. The maximum Gasteiger partial charge on any atom is 0.416 e. The number of hydrogen-bond donors (Lipinski definition) is 0. The van der Waals surface area contributed by atoms with Crippen molar-refractivity contribution in [3.8, 4) is 28.1 Å². The summed E-state index contributed by atoms with van der Waals surface area (Å²) in [6, 6.07) is 11.1. The Balaban J connectivity index is 1.41. The van der Waals surface area contributed by atoms with Crippen molar-refractivity contribution < 1.29 is 50.1 Å². The van der Waals surface area contributed by atoms with Crippen molar-refractivity contribution in [3.05, 3.63) is 88.2 Å². The Hall–Kier alpha value is -5.21. The summed E-state index contributed by atoms with van der Waals surface area (Å²) in [7, 11) is 3.26. The zero-order valence-electron chi connectivity index (χ0n) is 29.0. The standard InChI is InChI=1S/C37H36F6N4O5/c1-6-51-34(48)29-14-20(2)32(45(29)4)22-8-10-30(50-5)27(17-22)26-9-11-31(46-12-7-13-46)44-28(26)19-47-21(3)33(52-35(47)49)23-15-24(36(38,39)40)18-25(16-23)37(41,42)43/h8-11,14-18,21,33H,6-7,12-13,19H2,1-5H3/t21-,33-/m0/s1. The lowest BCUT2D eigenvalue weighted by molar-refractivity contribution is -0.143. The molecule has 276 valence electrons. The van der Waals surface area contributed by atoms with Crippen LogP contribution in [0.4, 0.5) is 37.0 Å². The highest BCUT2D eigenvalue weighted by Crippen LogP contribution is 2.43. The zero-order valence-corrected chi connectivity index (χ0v) is 29.0. The van der Waals surface area contributed by atoms with Crippen molar-refractivity contribution in [2.24, 2.45) is 7.05 Å². The molecule has 52 heavy (non-hydrogen) atoms. The van der Waals surface area contributed by atoms with Crippen LogP contribution in [-0.4, -0.2) is 59.4 Å². The van der Waals surface area contributed by atoms with Gasteiger partial charge in [0.05, 0.1) is 48.8 Å². The van der Waals surface area contributed by atoms with Crippen LogP contribution in [0.2, 0.25) is 0 Å². The van der Waals surface area contributed by atoms with Crippen molar-refractivity contribution in [3.63, 3.8) is 0 Å². The molecule has 0 saturated carbocycles. The summed E-state index contributed by atoms with van der Waals surface area (Å²) in [5.74, 6) is 0.646. The molecule has 2 atom stereocenters. The van der Waals surface area contributed by atoms with Crippen LogP contribution in [0.5, 0.6) is 5.75 Å². The number of pyridine rings is 1. The van der Waals surface area contributed by atoms with Crippen molar-refractivity contribution in [1.82, 2.24) is 14.5 Å². The highest BCUT2D eigenvalue weighted by Gasteiger charge is 2.43. The maximum absolute atomic E-state index is 13.7. The Morgan fingerprint density at radius 3 is 2.21 bits per heavy atom. The van der Waals surface area contributed by atoms with Crippen LogP contribution in [0.25, 0.3) is 22.4 Å². The summed E-state index contributed by atoms with van der Waals surface area (Å²) < 4.78 is 100. The van der Waals surface area contributed by atoms with E-state index in [-0.39, 0.29) is 19.2 Å². The highest BCUT2D eigenvalue weighted by molar-refractivity contribution is 5.90. The predicted molar refractivity (Wildman–Crippen MR) is 179 cm³/mol. The molecule has 0 bridgehead atoms. The molecular weight excluding hydrogens is 694 g/mol. The van der Waals surface area contributed by atoms with Gasteiger partial charge in [-0.3, -0.25) is 4.90 Å². The number of hydrogen-bond acceptors (Lipinski definition) is 7. The molecule has 4 aromatic rings. The van der Waals surface area contributed by atoms with Gasteiger partial charge < -0.3 is 23.7 Å². The lowest BCUT2D eigenvalue weighted by Gasteiger charge is -2.33. The van der Waals surface area contributed by atoms with E-state index in [9.17, 15) is 35.9 Å². The third-order valence-electron chi connectivity index (χ3n) is 9.46. The van der Waals surface area contributed by atoms with Crippen LogP contribution in [-0.2, 0) is 35.4 Å². The van der Waals surface area contributed by atoms with Gasteiger partial charge in [-0.2, -0.15) is 26.3 Å². The lowest BCUT2D eigenvalue weighted by atomic mass is 9.96. The van der Waals surface area contributed by atoms with Crippen LogP contribution in [0.3, 0.4) is 0 Å². The Bertz CT molecular complexity index is 1990. The van der Waals surface area contributed by atoms with E-state index in [1.807, 2.05) is 36.1 Å². The van der Waals surface area contributed by atoms with Gasteiger partial charge >= 0.3 is 24.4 Å². The number of amides is 1. The van der Waals surface area contributed by atoms with Gasteiger partial charge in [0, 0.05) is 31.3 Å². The normalized spacial score (nSPS) is 17.6. The quantitative estimate of drug-likeness (QED) is 0.126. The molecule has 0 unspecified atom stereocenters. The smallest absolute Gasteiger partial charge is 0.416 e. The molecule has 0 spiro atoms. The molecule has 2 aromatic heterocycles. The third kappa shape index (κ3) is 6.87. The second-order valence-electron chi connectivity index (χ2n) is 12.8. The summed E-state index contributed by atoms with van der Waals surface area (Å²) in [4.78, 5) is 34.2. The molecule has 2 aromatic carbocycles. The SMILES string of the molecule is CCOC(=O)c1cc(C)c(-c2ccc(OC)c(-c3ccc(N4CCC4)nc3CN3C(=O)O[C@H](c4cc(C(F)(F)F)cc(C(F)(F)F)c4)[C@@H]3C)c2)n1C. The van der Waals surface area contributed by atoms with Crippen LogP contribution in [0, 0.1) is 6.92 Å². The first-order valence-electron chi connectivity index (χ1n) is 16.6. The summed E-state index contributed by atoms with van der Waals surface area (Å²) in [5, 5.41) is 0. The first kappa shape index (κ1) is 36.6. The van der Waals surface area contributed by atoms with Gasteiger partial charge in [0.15, 0.2) is 0 Å². The van der Waals surface area contributed by atoms with E-state index in [0.29, 0.717) is 46.2 Å². The average molecular weight is 731 g/mol.